The van der Waals surface area contributed by atoms with E-state index in [2.05, 4.69) is 10.6 Å². The van der Waals surface area contributed by atoms with Gasteiger partial charge in [-0.05, 0) is 50.8 Å². The average Bonchev–Trinajstić information content (AvgIpc) is 2.66. The van der Waals surface area contributed by atoms with Crippen LogP contribution in [0.2, 0.25) is 0 Å². The van der Waals surface area contributed by atoms with Crippen molar-refractivity contribution in [3.8, 4) is 0 Å². The van der Waals surface area contributed by atoms with E-state index in [9.17, 15) is 13.6 Å². The van der Waals surface area contributed by atoms with Crippen molar-refractivity contribution in [3.05, 3.63) is 35.4 Å². The van der Waals surface area contributed by atoms with Gasteiger partial charge in [-0.2, -0.15) is 0 Å². The fourth-order valence-electron chi connectivity index (χ4n) is 3.98. The van der Waals surface area contributed by atoms with Crippen LogP contribution in [-0.4, -0.2) is 36.6 Å². The molecule has 1 aliphatic carbocycles. The van der Waals surface area contributed by atoms with E-state index in [4.69, 9.17) is 0 Å². The SMILES string of the molecule is O=C(NC1CCCCC1)N(Cc1cccc(F)c1F)CC1CCNCC1. The van der Waals surface area contributed by atoms with Gasteiger partial charge in [-0.1, -0.05) is 31.4 Å². The lowest BCUT2D eigenvalue weighted by Crippen LogP contribution is -2.47. The molecule has 0 unspecified atom stereocenters. The molecule has 1 aromatic rings. The molecule has 1 heterocycles. The highest BCUT2D eigenvalue weighted by Crippen LogP contribution is 2.20. The summed E-state index contributed by atoms with van der Waals surface area (Å²) in [5, 5.41) is 6.44. The molecule has 26 heavy (non-hydrogen) atoms. The molecule has 1 saturated carbocycles. The van der Waals surface area contributed by atoms with Gasteiger partial charge in [0.2, 0.25) is 0 Å². The van der Waals surface area contributed by atoms with Crippen LogP contribution in [0.15, 0.2) is 18.2 Å². The van der Waals surface area contributed by atoms with Gasteiger partial charge in [-0.15, -0.1) is 0 Å². The molecule has 0 atom stereocenters. The third kappa shape index (κ3) is 5.16. The largest absolute Gasteiger partial charge is 0.335 e. The van der Waals surface area contributed by atoms with Gasteiger partial charge in [-0.25, -0.2) is 13.6 Å². The molecule has 2 aliphatic rings. The highest BCUT2D eigenvalue weighted by molar-refractivity contribution is 5.74. The van der Waals surface area contributed by atoms with Crippen LogP contribution in [0.3, 0.4) is 0 Å². The Morgan fingerprint density at radius 1 is 1.12 bits per heavy atom. The molecular weight excluding hydrogens is 336 g/mol. The minimum absolute atomic E-state index is 0.103. The Bertz CT molecular complexity index is 599. The van der Waals surface area contributed by atoms with Gasteiger partial charge in [0.25, 0.3) is 0 Å². The second kappa shape index (κ2) is 9.31. The lowest BCUT2D eigenvalue weighted by Gasteiger charge is -2.32. The summed E-state index contributed by atoms with van der Waals surface area (Å²) >= 11 is 0. The molecule has 2 N–H and O–H groups in total. The van der Waals surface area contributed by atoms with Gasteiger partial charge in [0.15, 0.2) is 11.6 Å². The molecule has 4 nitrogen and oxygen atoms in total. The summed E-state index contributed by atoms with van der Waals surface area (Å²) in [5.41, 5.74) is 0.234. The number of amides is 2. The molecule has 2 fully saturated rings. The number of halogens is 2. The monoisotopic (exact) mass is 365 g/mol. The zero-order valence-electron chi connectivity index (χ0n) is 15.3. The average molecular weight is 365 g/mol. The van der Waals surface area contributed by atoms with Crippen molar-refractivity contribution >= 4 is 6.03 Å². The van der Waals surface area contributed by atoms with Crippen LogP contribution in [0.1, 0.15) is 50.5 Å². The second-order valence-electron chi connectivity index (χ2n) is 7.57. The van der Waals surface area contributed by atoms with E-state index in [0.717, 1.165) is 57.7 Å². The number of hydrogen-bond donors (Lipinski definition) is 2. The fourth-order valence-corrected chi connectivity index (χ4v) is 3.98. The number of benzene rings is 1. The highest BCUT2D eigenvalue weighted by Gasteiger charge is 2.25. The van der Waals surface area contributed by atoms with E-state index < -0.39 is 11.6 Å². The Hall–Kier alpha value is -1.69. The van der Waals surface area contributed by atoms with Crippen LogP contribution in [0, 0.1) is 17.6 Å². The van der Waals surface area contributed by atoms with Crippen LogP contribution >= 0.6 is 0 Å². The van der Waals surface area contributed by atoms with Crippen molar-refractivity contribution < 1.29 is 13.6 Å². The zero-order chi connectivity index (χ0) is 18.4. The first kappa shape index (κ1) is 19.1. The number of carbonyl (C=O) groups is 1. The molecular formula is C20H29F2N3O. The molecule has 0 aromatic heterocycles. The molecule has 0 spiro atoms. The molecule has 1 saturated heterocycles. The Kier molecular flexibility index (Phi) is 6.83. The van der Waals surface area contributed by atoms with Gasteiger partial charge in [0.05, 0.1) is 6.54 Å². The number of carbonyl (C=O) groups excluding carboxylic acids is 1. The summed E-state index contributed by atoms with van der Waals surface area (Å²) < 4.78 is 27.7. The van der Waals surface area contributed by atoms with E-state index in [0.29, 0.717) is 12.5 Å². The minimum Gasteiger partial charge on any atom is -0.335 e. The summed E-state index contributed by atoms with van der Waals surface area (Å²) in [6, 6.07) is 4.21. The summed E-state index contributed by atoms with van der Waals surface area (Å²) in [5.74, 6) is -1.32. The summed E-state index contributed by atoms with van der Waals surface area (Å²) in [4.78, 5) is 14.5. The minimum atomic E-state index is -0.864. The van der Waals surface area contributed by atoms with E-state index in [1.807, 2.05) is 0 Å². The van der Waals surface area contributed by atoms with Gasteiger partial charge in [-0.3, -0.25) is 0 Å². The van der Waals surface area contributed by atoms with Gasteiger partial charge < -0.3 is 15.5 Å². The maximum atomic E-state index is 14.1. The van der Waals surface area contributed by atoms with Crippen molar-refractivity contribution in [1.82, 2.24) is 15.5 Å². The first-order valence-corrected chi connectivity index (χ1v) is 9.82. The molecule has 1 aliphatic heterocycles. The Morgan fingerprint density at radius 2 is 1.85 bits per heavy atom. The quantitative estimate of drug-likeness (QED) is 0.833. The number of hydrogen-bond acceptors (Lipinski definition) is 2. The lowest BCUT2D eigenvalue weighted by molar-refractivity contribution is 0.169. The van der Waals surface area contributed by atoms with Crippen molar-refractivity contribution in [2.24, 2.45) is 5.92 Å². The van der Waals surface area contributed by atoms with Crippen LogP contribution < -0.4 is 10.6 Å². The van der Waals surface area contributed by atoms with Crippen LogP contribution in [0.4, 0.5) is 13.6 Å². The summed E-state index contributed by atoms with van der Waals surface area (Å²) in [6.07, 6.45) is 7.50. The van der Waals surface area contributed by atoms with E-state index >= 15 is 0 Å². The maximum Gasteiger partial charge on any atom is 0.317 e. The van der Waals surface area contributed by atoms with Crippen LogP contribution in [0.25, 0.3) is 0 Å². The van der Waals surface area contributed by atoms with Gasteiger partial charge in [0.1, 0.15) is 0 Å². The molecule has 3 rings (SSSR count). The van der Waals surface area contributed by atoms with Crippen molar-refractivity contribution in [2.45, 2.75) is 57.5 Å². The zero-order valence-corrected chi connectivity index (χ0v) is 15.3. The van der Waals surface area contributed by atoms with Crippen molar-refractivity contribution in [2.75, 3.05) is 19.6 Å². The number of nitrogens with one attached hydrogen (secondary N) is 2. The van der Waals surface area contributed by atoms with E-state index in [-0.39, 0.29) is 24.2 Å². The first-order valence-electron chi connectivity index (χ1n) is 9.82. The number of piperidine rings is 1. The van der Waals surface area contributed by atoms with Crippen LogP contribution in [0.5, 0.6) is 0 Å². The number of nitrogens with zero attached hydrogens (tertiary/aromatic N) is 1. The second-order valence-corrected chi connectivity index (χ2v) is 7.57. The first-order chi connectivity index (χ1) is 12.6. The molecule has 144 valence electrons. The Morgan fingerprint density at radius 3 is 2.58 bits per heavy atom. The number of urea groups is 1. The highest BCUT2D eigenvalue weighted by atomic mass is 19.2. The lowest BCUT2D eigenvalue weighted by atomic mass is 9.95. The molecule has 0 bridgehead atoms. The summed E-state index contributed by atoms with van der Waals surface area (Å²) in [7, 11) is 0. The predicted molar refractivity (Wildman–Crippen MR) is 97.8 cm³/mol. The molecule has 0 radical (unpaired) electrons. The van der Waals surface area contributed by atoms with E-state index in [1.165, 1.54) is 12.5 Å². The van der Waals surface area contributed by atoms with E-state index in [1.54, 1.807) is 11.0 Å². The Balaban J connectivity index is 1.69. The Labute approximate surface area is 154 Å². The fraction of sp³-hybridized carbons (Fsp3) is 0.650. The standard InChI is InChI=1S/C20H29F2N3O/c21-18-8-4-5-16(19(18)22)14-25(13-15-9-11-23-12-10-15)20(26)24-17-6-2-1-3-7-17/h4-5,8,15,17,23H,1-3,6-7,9-14H2,(H,24,26). The van der Waals surface area contributed by atoms with Crippen LogP contribution in [-0.2, 0) is 6.54 Å². The third-order valence-corrected chi connectivity index (χ3v) is 5.55. The van der Waals surface area contributed by atoms with Gasteiger partial charge >= 0.3 is 6.03 Å². The maximum absolute atomic E-state index is 14.1. The topological polar surface area (TPSA) is 44.4 Å². The third-order valence-electron chi connectivity index (χ3n) is 5.55. The van der Waals surface area contributed by atoms with Crippen molar-refractivity contribution in [3.63, 3.8) is 0 Å². The molecule has 2 amide bonds. The molecule has 1 aromatic carbocycles. The summed E-state index contributed by atoms with van der Waals surface area (Å²) in [6.45, 7) is 2.57. The van der Waals surface area contributed by atoms with Crippen molar-refractivity contribution in [1.29, 1.82) is 0 Å². The molecule has 6 heteroatoms. The number of rotatable bonds is 5. The smallest absolute Gasteiger partial charge is 0.317 e. The normalized spacial score (nSPS) is 19.3. The predicted octanol–water partition coefficient (Wildman–Crippen LogP) is 3.81. The van der Waals surface area contributed by atoms with Gasteiger partial charge in [0, 0.05) is 18.2 Å².